The van der Waals surface area contributed by atoms with Crippen molar-refractivity contribution in [3.8, 4) is 0 Å². The molecule has 15 heavy (non-hydrogen) atoms. The molecule has 1 aliphatic carbocycles. The van der Waals surface area contributed by atoms with Crippen molar-refractivity contribution in [1.29, 1.82) is 0 Å². The molecule has 1 N–H and O–H groups in total. The van der Waals surface area contributed by atoms with Crippen LogP contribution in [0.5, 0.6) is 0 Å². The normalized spacial score (nSPS) is 21.0. The average Bonchev–Trinajstić information content (AvgIpc) is 2.20. The van der Waals surface area contributed by atoms with Gasteiger partial charge in [-0.25, -0.2) is 0 Å². The SMILES string of the molecule is CCCCC(NCCC)C1(OC)CCC1. The second-order valence-corrected chi connectivity index (χ2v) is 4.77. The number of unbranched alkanes of at least 4 members (excludes halogenated alkanes) is 1. The maximum absolute atomic E-state index is 5.77. The highest BCUT2D eigenvalue weighted by molar-refractivity contribution is 4.99. The molecule has 90 valence electrons. The van der Waals surface area contributed by atoms with E-state index in [1.807, 2.05) is 7.11 Å². The molecule has 0 aliphatic heterocycles. The lowest BCUT2D eigenvalue weighted by atomic mass is 9.73. The van der Waals surface area contributed by atoms with Gasteiger partial charge < -0.3 is 10.1 Å². The molecule has 1 rings (SSSR count). The smallest absolute Gasteiger partial charge is 0.0831 e. The highest BCUT2D eigenvalue weighted by Crippen LogP contribution is 2.39. The summed E-state index contributed by atoms with van der Waals surface area (Å²) in [6, 6.07) is 0.580. The summed E-state index contributed by atoms with van der Waals surface area (Å²) < 4.78 is 5.77. The lowest BCUT2D eigenvalue weighted by Crippen LogP contribution is -2.56. The first-order valence-electron chi connectivity index (χ1n) is 6.57. The van der Waals surface area contributed by atoms with Crippen LogP contribution < -0.4 is 5.32 Å². The molecule has 0 amide bonds. The van der Waals surface area contributed by atoms with Gasteiger partial charge in [0.05, 0.1) is 5.60 Å². The van der Waals surface area contributed by atoms with Crippen LogP contribution in [0.2, 0.25) is 0 Å². The maximum Gasteiger partial charge on any atom is 0.0831 e. The van der Waals surface area contributed by atoms with Gasteiger partial charge >= 0.3 is 0 Å². The summed E-state index contributed by atoms with van der Waals surface area (Å²) in [5.74, 6) is 0. The van der Waals surface area contributed by atoms with Crippen LogP contribution in [0.25, 0.3) is 0 Å². The van der Waals surface area contributed by atoms with Crippen molar-refractivity contribution in [2.45, 2.75) is 70.4 Å². The number of nitrogens with one attached hydrogen (secondary N) is 1. The first-order valence-corrected chi connectivity index (χ1v) is 6.57. The number of rotatable bonds is 8. The van der Waals surface area contributed by atoms with Gasteiger partial charge in [-0.3, -0.25) is 0 Å². The van der Waals surface area contributed by atoms with E-state index in [1.54, 1.807) is 0 Å². The fourth-order valence-electron chi connectivity index (χ4n) is 2.50. The predicted molar refractivity (Wildman–Crippen MR) is 65.2 cm³/mol. The molecular formula is C13H27NO. The molecule has 1 atom stereocenters. The highest BCUT2D eigenvalue weighted by Gasteiger charge is 2.43. The molecule has 1 aliphatic rings. The van der Waals surface area contributed by atoms with Crippen molar-refractivity contribution in [3.05, 3.63) is 0 Å². The van der Waals surface area contributed by atoms with Crippen LogP contribution in [-0.4, -0.2) is 25.3 Å². The van der Waals surface area contributed by atoms with Crippen LogP contribution in [0.15, 0.2) is 0 Å². The molecule has 1 fully saturated rings. The summed E-state index contributed by atoms with van der Waals surface area (Å²) in [7, 11) is 1.88. The minimum absolute atomic E-state index is 0.171. The zero-order valence-electron chi connectivity index (χ0n) is 10.6. The molecule has 0 saturated heterocycles. The Hall–Kier alpha value is -0.0800. The molecule has 0 aromatic heterocycles. The summed E-state index contributed by atoms with van der Waals surface area (Å²) in [5.41, 5.74) is 0.171. The first-order chi connectivity index (χ1) is 7.29. The number of hydrogen-bond acceptors (Lipinski definition) is 2. The van der Waals surface area contributed by atoms with E-state index in [0.29, 0.717) is 6.04 Å². The van der Waals surface area contributed by atoms with Crippen LogP contribution in [0.3, 0.4) is 0 Å². The zero-order chi connectivity index (χ0) is 11.1. The highest BCUT2D eigenvalue weighted by atomic mass is 16.5. The van der Waals surface area contributed by atoms with Crippen molar-refractivity contribution >= 4 is 0 Å². The van der Waals surface area contributed by atoms with Crippen LogP contribution >= 0.6 is 0 Å². The third kappa shape index (κ3) is 3.18. The molecule has 0 bridgehead atoms. The fourth-order valence-corrected chi connectivity index (χ4v) is 2.50. The Kier molecular flexibility index (Phi) is 5.62. The second kappa shape index (κ2) is 6.49. The molecule has 2 heteroatoms. The lowest BCUT2D eigenvalue weighted by Gasteiger charge is -2.47. The topological polar surface area (TPSA) is 21.3 Å². The average molecular weight is 213 g/mol. The van der Waals surface area contributed by atoms with Gasteiger partial charge in [-0.1, -0.05) is 26.7 Å². The van der Waals surface area contributed by atoms with E-state index >= 15 is 0 Å². The quantitative estimate of drug-likeness (QED) is 0.669. The summed E-state index contributed by atoms with van der Waals surface area (Å²) >= 11 is 0. The number of hydrogen-bond donors (Lipinski definition) is 1. The minimum atomic E-state index is 0.171. The molecule has 0 aromatic rings. The number of methoxy groups -OCH3 is 1. The van der Waals surface area contributed by atoms with E-state index in [4.69, 9.17) is 4.74 Å². The van der Waals surface area contributed by atoms with E-state index < -0.39 is 0 Å². The van der Waals surface area contributed by atoms with Gasteiger partial charge in [0.15, 0.2) is 0 Å². The molecular weight excluding hydrogens is 186 g/mol. The largest absolute Gasteiger partial charge is 0.377 e. The van der Waals surface area contributed by atoms with Crippen molar-refractivity contribution in [2.75, 3.05) is 13.7 Å². The van der Waals surface area contributed by atoms with Crippen LogP contribution in [-0.2, 0) is 4.74 Å². The zero-order valence-corrected chi connectivity index (χ0v) is 10.6. The van der Waals surface area contributed by atoms with E-state index in [9.17, 15) is 0 Å². The van der Waals surface area contributed by atoms with Crippen molar-refractivity contribution < 1.29 is 4.74 Å². The third-order valence-corrected chi connectivity index (χ3v) is 3.73. The predicted octanol–water partition coefficient (Wildman–Crippen LogP) is 3.11. The Bertz CT molecular complexity index is 152. The maximum atomic E-state index is 5.77. The molecule has 1 unspecified atom stereocenters. The summed E-state index contributed by atoms with van der Waals surface area (Å²) in [4.78, 5) is 0. The fraction of sp³-hybridized carbons (Fsp3) is 1.00. The van der Waals surface area contributed by atoms with Gasteiger partial charge in [0.25, 0.3) is 0 Å². The summed E-state index contributed by atoms with van der Waals surface area (Å²) in [6.45, 7) is 5.61. The van der Waals surface area contributed by atoms with Gasteiger partial charge in [-0.05, 0) is 38.6 Å². The van der Waals surface area contributed by atoms with E-state index in [2.05, 4.69) is 19.2 Å². The molecule has 0 spiro atoms. The third-order valence-electron chi connectivity index (χ3n) is 3.73. The number of ether oxygens (including phenoxy) is 1. The van der Waals surface area contributed by atoms with E-state index in [-0.39, 0.29) is 5.60 Å². The molecule has 0 aromatic carbocycles. The Morgan fingerprint density at radius 2 is 2.00 bits per heavy atom. The van der Waals surface area contributed by atoms with Crippen molar-refractivity contribution in [3.63, 3.8) is 0 Å². The van der Waals surface area contributed by atoms with Gasteiger partial charge in [0.2, 0.25) is 0 Å². The van der Waals surface area contributed by atoms with Crippen molar-refractivity contribution in [1.82, 2.24) is 5.32 Å². The monoisotopic (exact) mass is 213 g/mol. The first kappa shape index (κ1) is 13.0. The van der Waals surface area contributed by atoms with Gasteiger partial charge in [0, 0.05) is 13.2 Å². The van der Waals surface area contributed by atoms with Crippen LogP contribution in [0, 0.1) is 0 Å². The van der Waals surface area contributed by atoms with Gasteiger partial charge in [-0.2, -0.15) is 0 Å². The molecule has 2 nitrogen and oxygen atoms in total. The van der Waals surface area contributed by atoms with Crippen LogP contribution in [0.1, 0.15) is 58.8 Å². The minimum Gasteiger partial charge on any atom is -0.377 e. The summed E-state index contributed by atoms with van der Waals surface area (Å²) in [6.07, 6.45) is 8.90. The molecule has 0 radical (unpaired) electrons. The van der Waals surface area contributed by atoms with Crippen LogP contribution in [0.4, 0.5) is 0 Å². The molecule has 0 heterocycles. The standard InChI is InChI=1S/C13H27NO/c1-4-6-8-12(14-11-5-2)13(15-3)9-7-10-13/h12,14H,4-11H2,1-3H3. The molecule has 1 saturated carbocycles. The van der Waals surface area contributed by atoms with E-state index in [0.717, 1.165) is 6.54 Å². The Labute approximate surface area is 94.8 Å². The Morgan fingerprint density at radius 1 is 1.27 bits per heavy atom. The van der Waals surface area contributed by atoms with Crippen molar-refractivity contribution in [2.24, 2.45) is 0 Å². The summed E-state index contributed by atoms with van der Waals surface area (Å²) in [5, 5.41) is 3.67. The Morgan fingerprint density at radius 3 is 2.40 bits per heavy atom. The second-order valence-electron chi connectivity index (χ2n) is 4.77. The van der Waals surface area contributed by atoms with Gasteiger partial charge in [-0.15, -0.1) is 0 Å². The van der Waals surface area contributed by atoms with E-state index in [1.165, 1.54) is 44.9 Å². The lowest BCUT2D eigenvalue weighted by molar-refractivity contribution is -0.100. The Balaban J connectivity index is 2.45. The van der Waals surface area contributed by atoms with Gasteiger partial charge in [0.1, 0.15) is 0 Å².